The van der Waals surface area contributed by atoms with Gasteiger partial charge < -0.3 is 10.3 Å². The molecule has 3 rings (SSSR count). The Morgan fingerprint density at radius 3 is 2.86 bits per heavy atom. The van der Waals surface area contributed by atoms with E-state index in [1.54, 1.807) is 11.3 Å². The van der Waals surface area contributed by atoms with Crippen molar-refractivity contribution in [2.75, 3.05) is 0 Å². The van der Waals surface area contributed by atoms with Gasteiger partial charge in [0.05, 0.1) is 6.54 Å². The molecule has 21 heavy (non-hydrogen) atoms. The van der Waals surface area contributed by atoms with Crippen LogP contribution >= 0.6 is 27.3 Å². The average molecular weight is 363 g/mol. The molecule has 0 radical (unpaired) electrons. The van der Waals surface area contributed by atoms with E-state index in [0.717, 1.165) is 23.9 Å². The first-order chi connectivity index (χ1) is 10.2. The summed E-state index contributed by atoms with van der Waals surface area (Å²) in [6, 6.07) is 11.3. The van der Waals surface area contributed by atoms with E-state index in [1.807, 2.05) is 0 Å². The van der Waals surface area contributed by atoms with Gasteiger partial charge in [0.15, 0.2) is 0 Å². The zero-order chi connectivity index (χ0) is 14.8. The fourth-order valence-electron chi connectivity index (χ4n) is 2.57. The van der Waals surface area contributed by atoms with E-state index in [2.05, 4.69) is 69.3 Å². The molecule has 0 amide bonds. The molecule has 1 atom stereocenters. The first-order valence-electron chi connectivity index (χ1n) is 7.22. The number of hydrogen-bond acceptors (Lipinski definition) is 2. The quantitative estimate of drug-likeness (QED) is 0.694. The van der Waals surface area contributed by atoms with Crippen molar-refractivity contribution in [1.82, 2.24) is 4.57 Å². The molecule has 2 aromatic heterocycles. The van der Waals surface area contributed by atoms with Crippen LogP contribution < -0.4 is 5.73 Å². The maximum atomic E-state index is 6.05. The largest absolute Gasteiger partial charge is 0.342 e. The highest BCUT2D eigenvalue weighted by Gasteiger charge is 2.06. The summed E-state index contributed by atoms with van der Waals surface area (Å²) >= 11 is 5.30. The van der Waals surface area contributed by atoms with Gasteiger partial charge in [-0.3, -0.25) is 0 Å². The Hall–Kier alpha value is -1.10. The van der Waals surface area contributed by atoms with Crippen molar-refractivity contribution >= 4 is 38.2 Å². The van der Waals surface area contributed by atoms with Crippen LogP contribution in [0.4, 0.5) is 0 Å². The van der Waals surface area contributed by atoms with Crippen LogP contribution in [0.25, 0.3) is 10.9 Å². The van der Waals surface area contributed by atoms with Crippen LogP contribution in [-0.4, -0.2) is 10.6 Å². The van der Waals surface area contributed by atoms with E-state index in [1.165, 1.54) is 21.3 Å². The van der Waals surface area contributed by atoms with Crippen LogP contribution in [-0.2, 0) is 13.0 Å². The van der Waals surface area contributed by atoms with Crippen molar-refractivity contribution < 1.29 is 0 Å². The van der Waals surface area contributed by atoms with Gasteiger partial charge >= 0.3 is 0 Å². The maximum Gasteiger partial charge on any atom is 0.0569 e. The topological polar surface area (TPSA) is 30.9 Å². The summed E-state index contributed by atoms with van der Waals surface area (Å²) in [5.74, 6) is 0. The number of fused-ring (bicyclic) bond motifs is 1. The second-order valence-corrected chi connectivity index (χ2v) is 7.35. The van der Waals surface area contributed by atoms with Gasteiger partial charge in [-0.05, 0) is 64.0 Å². The molecule has 0 fully saturated rings. The highest BCUT2D eigenvalue weighted by Crippen LogP contribution is 2.24. The Bertz CT molecular complexity index is 744. The van der Waals surface area contributed by atoms with Gasteiger partial charge in [0.2, 0.25) is 0 Å². The molecule has 3 aromatic rings. The van der Waals surface area contributed by atoms with E-state index in [0.29, 0.717) is 0 Å². The Morgan fingerprint density at radius 2 is 2.14 bits per heavy atom. The zero-order valence-electron chi connectivity index (χ0n) is 12.1. The van der Waals surface area contributed by atoms with Crippen LogP contribution in [0.3, 0.4) is 0 Å². The van der Waals surface area contributed by atoms with E-state index in [-0.39, 0.29) is 6.04 Å². The van der Waals surface area contributed by atoms with E-state index >= 15 is 0 Å². The molecule has 2 nitrogen and oxygen atoms in total. The van der Waals surface area contributed by atoms with Crippen LogP contribution in [0, 0.1) is 0 Å². The zero-order valence-corrected chi connectivity index (χ0v) is 14.5. The molecule has 1 unspecified atom stereocenters. The predicted molar refractivity (Wildman–Crippen MR) is 95.0 cm³/mol. The van der Waals surface area contributed by atoms with Gasteiger partial charge in [0, 0.05) is 32.5 Å². The summed E-state index contributed by atoms with van der Waals surface area (Å²) in [6.07, 6.45) is 4.14. The molecule has 4 heteroatoms. The Labute approximate surface area is 137 Å². The highest BCUT2D eigenvalue weighted by atomic mass is 79.9. The SMILES string of the molecule is CCC(N)Cc1ccc2c(ccn2Cc2cc(Br)cs2)c1. The standard InChI is InChI=1S/C17H19BrN2S/c1-2-15(19)8-12-3-4-17-13(7-12)5-6-20(17)10-16-9-14(18)11-21-16/h3-7,9,11,15H,2,8,10,19H2,1H3. The molecule has 1 aromatic carbocycles. The van der Waals surface area contributed by atoms with Gasteiger partial charge in [0.25, 0.3) is 0 Å². The maximum absolute atomic E-state index is 6.05. The number of hydrogen-bond donors (Lipinski definition) is 1. The molecule has 0 spiro atoms. The minimum atomic E-state index is 0.257. The summed E-state index contributed by atoms with van der Waals surface area (Å²) in [5.41, 5.74) is 8.66. The van der Waals surface area contributed by atoms with E-state index in [9.17, 15) is 0 Å². The Morgan fingerprint density at radius 1 is 1.29 bits per heavy atom. The third-order valence-corrected chi connectivity index (χ3v) is 5.49. The second-order valence-electron chi connectivity index (χ2n) is 5.44. The predicted octanol–water partition coefficient (Wildman–Crippen LogP) is 4.79. The van der Waals surface area contributed by atoms with Gasteiger partial charge in [0.1, 0.15) is 0 Å². The summed E-state index contributed by atoms with van der Waals surface area (Å²) < 4.78 is 3.46. The van der Waals surface area contributed by atoms with Crippen molar-refractivity contribution in [1.29, 1.82) is 0 Å². The van der Waals surface area contributed by atoms with E-state index in [4.69, 9.17) is 5.73 Å². The first-order valence-corrected chi connectivity index (χ1v) is 8.89. The molecule has 0 saturated carbocycles. The van der Waals surface area contributed by atoms with Crippen molar-refractivity contribution in [3.8, 4) is 0 Å². The molecular formula is C17H19BrN2S. The van der Waals surface area contributed by atoms with Crippen molar-refractivity contribution in [2.24, 2.45) is 5.73 Å². The lowest BCUT2D eigenvalue weighted by Gasteiger charge is -2.09. The minimum Gasteiger partial charge on any atom is -0.342 e. The average Bonchev–Trinajstić information content (AvgIpc) is 3.06. The smallest absolute Gasteiger partial charge is 0.0569 e. The van der Waals surface area contributed by atoms with Crippen LogP contribution in [0.1, 0.15) is 23.8 Å². The number of halogens is 1. The number of rotatable bonds is 5. The third-order valence-electron chi connectivity index (χ3n) is 3.81. The fraction of sp³-hybridized carbons (Fsp3) is 0.294. The molecule has 2 N–H and O–H groups in total. The number of nitrogens with zero attached hydrogens (tertiary/aromatic N) is 1. The molecule has 0 bridgehead atoms. The van der Waals surface area contributed by atoms with E-state index < -0.39 is 0 Å². The number of nitrogens with two attached hydrogens (primary N) is 1. The number of thiophene rings is 1. The lowest BCUT2D eigenvalue weighted by molar-refractivity contribution is 0.647. The minimum absolute atomic E-state index is 0.257. The summed E-state index contributed by atoms with van der Waals surface area (Å²) in [5, 5.41) is 3.43. The normalized spacial score (nSPS) is 12.9. The molecule has 0 aliphatic carbocycles. The molecule has 110 valence electrons. The lowest BCUT2D eigenvalue weighted by Crippen LogP contribution is -2.21. The third kappa shape index (κ3) is 3.39. The summed E-state index contributed by atoms with van der Waals surface area (Å²) in [4.78, 5) is 1.36. The van der Waals surface area contributed by atoms with Gasteiger partial charge in [-0.25, -0.2) is 0 Å². The van der Waals surface area contributed by atoms with Crippen LogP contribution in [0.2, 0.25) is 0 Å². The molecule has 0 saturated heterocycles. The lowest BCUT2D eigenvalue weighted by atomic mass is 10.0. The van der Waals surface area contributed by atoms with Crippen LogP contribution in [0.5, 0.6) is 0 Å². The highest BCUT2D eigenvalue weighted by molar-refractivity contribution is 9.10. The van der Waals surface area contributed by atoms with Crippen molar-refractivity contribution in [2.45, 2.75) is 32.4 Å². The fourth-order valence-corrected chi connectivity index (χ4v) is 4.02. The summed E-state index contributed by atoms with van der Waals surface area (Å²) in [6.45, 7) is 3.06. The summed E-state index contributed by atoms with van der Waals surface area (Å²) in [7, 11) is 0. The number of aromatic nitrogens is 1. The molecule has 0 aliphatic heterocycles. The molecular weight excluding hydrogens is 344 g/mol. The number of benzene rings is 1. The Kier molecular flexibility index (Phi) is 4.48. The van der Waals surface area contributed by atoms with Gasteiger partial charge in [-0.2, -0.15) is 0 Å². The first kappa shape index (κ1) is 14.8. The van der Waals surface area contributed by atoms with Crippen molar-refractivity contribution in [3.63, 3.8) is 0 Å². The second kappa shape index (κ2) is 6.34. The van der Waals surface area contributed by atoms with Crippen molar-refractivity contribution in [3.05, 3.63) is 56.8 Å². The molecule has 0 aliphatic rings. The van der Waals surface area contributed by atoms with Crippen LogP contribution in [0.15, 0.2) is 46.4 Å². The molecule has 2 heterocycles. The van der Waals surface area contributed by atoms with Gasteiger partial charge in [-0.15, -0.1) is 11.3 Å². The monoisotopic (exact) mass is 362 g/mol. The van der Waals surface area contributed by atoms with Gasteiger partial charge in [-0.1, -0.05) is 13.0 Å². The Balaban J connectivity index is 1.85.